The van der Waals surface area contributed by atoms with E-state index in [9.17, 15) is 18.0 Å². The number of hydrogen-bond acceptors (Lipinski definition) is 3. The van der Waals surface area contributed by atoms with Crippen LogP contribution in [0.5, 0.6) is 0 Å². The second kappa shape index (κ2) is 10.2. The number of aryl methyl sites for hydroxylation is 4. The maximum absolute atomic E-state index is 12.9. The summed E-state index contributed by atoms with van der Waals surface area (Å²) in [7, 11) is 0. The molecule has 0 atom stereocenters. The fraction of sp³-hybridized carbons (Fsp3) is 0.259. The van der Waals surface area contributed by atoms with Crippen molar-refractivity contribution in [1.82, 2.24) is 9.78 Å². The van der Waals surface area contributed by atoms with Crippen LogP contribution in [-0.4, -0.2) is 26.6 Å². The van der Waals surface area contributed by atoms with E-state index in [0.29, 0.717) is 12.1 Å². The van der Waals surface area contributed by atoms with Crippen LogP contribution in [0.2, 0.25) is 0 Å². The number of thioether (sulfide) groups is 1. The quantitative estimate of drug-likeness (QED) is 0.266. The Bertz CT molecular complexity index is 1360. The Labute approximate surface area is 205 Å². The molecule has 0 aliphatic rings. The van der Waals surface area contributed by atoms with E-state index in [-0.39, 0.29) is 6.42 Å². The maximum atomic E-state index is 12.9. The first-order valence-electron chi connectivity index (χ1n) is 11.2. The summed E-state index contributed by atoms with van der Waals surface area (Å²) >= 11 is 1.72. The molecule has 3 aromatic carbocycles. The van der Waals surface area contributed by atoms with Gasteiger partial charge in [-0.05, 0) is 79.8 Å². The fourth-order valence-corrected chi connectivity index (χ4v) is 5.08. The van der Waals surface area contributed by atoms with Gasteiger partial charge in [-0.15, -0.1) is 11.8 Å². The predicted octanol–water partition coefficient (Wildman–Crippen LogP) is 7.01. The van der Waals surface area contributed by atoms with Gasteiger partial charge >= 0.3 is 12.1 Å². The summed E-state index contributed by atoms with van der Waals surface area (Å²) in [5, 5.41) is 14.6. The monoisotopic (exact) mass is 498 g/mol. The zero-order valence-corrected chi connectivity index (χ0v) is 20.2. The van der Waals surface area contributed by atoms with Gasteiger partial charge in [0.05, 0.1) is 16.8 Å². The topological polar surface area (TPSA) is 55.1 Å². The van der Waals surface area contributed by atoms with Gasteiger partial charge in [0, 0.05) is 28.1 Å². The standard InChI is InChI=1S/C27H25F3N2O2S/c1-17-16-23(12-6-19(17)7-13-25(33)34)35-15-14-20-4-3-5-24-18(2)32(31-26(20)24)22-10-8-21(9-11-22)27(28,29)30/h3-6,8-12,16H,7,13-15H2,1-2H3,(H,33,34). The van der Waals surface area contributed by atoms with Crippen molar-refractivity contribution in [3.63, 3.8) is 0 Å². The summed E-state index contributed by atoms with van der Waals surface area (Å²) in [5.74, 6) is 0.0344. The number of carboxylic acids is 1. The van der Waals surface area contributed by atoms with Gasteiger partial charge in [0.1, 0.15) is 0 Å². The smallest absolute Gasteiger partial charge is 0.416 e. The van der Waals surface area contributed by atoms with Crippen molar-refractivity contribution in [1.29, 1.82) is 0 Å². The highest BCUT2D eigenvalue weighted by atomic mass is 32.2. The Morgan fingerprint density at radius 1 is 1.00 bits per heavy atom. The maximum Gasteiger partial charge on any atom is 0.416 e. The third kappa shape index (κ3) is 5.70. The molecule has 0 radical (unpaired) electrons. The number of aliphatic carboxylic acids is 1. The van der Waals surface area contributed by atoms with Crippen LogP contribution >= 0.6 is 11.8 Å². The minimum atomic E-state index is -4.37. The van der Waals surface area contributed by atoms with Crippen LogP contribution in [0.25, 0.3) is 16.6 Å². The molecule has 0 spiro atoms. The molecule has 1 N–H and O–H groups in total. The molecule has 0 aliphatic carbocycles. The van der Waals surface area contributed by atoms with Crippen LogP contribution in [0.15, 0.2) is 65.6 Å². The van der Waals surface area contributed by atoms with Crippen molar-refractivity contribution in [2.75, 3.05) is 5.75 Å². The van der Waals surface area contributed by atoms with Crippen molar-refractivity contribution >= 4 is 28.6 Å². The van der Waals surface area contributed by atoms with Crippen LogP contribution in [0.3, 0.4) is 0 Å². The molecule has 0 unspecified atom stereocenters. The van der Waals surface area contributed by atoms with Crippen LogP contribution in [0, 0.1) is 13.8 Å². The molecule has 0 saturated carbocycles. The molecule has 0 saturated heterocycles. The highest BCUT2D eigenvalue weighted by molar-refractivity contribution is 7.99. The van der Waals surface area contributed by atoms with Gasteiger partial charge in [-0.3, -0.25) is 4.79 Å². The lowest BCUT2D eigenvalue weighted by Crippen LogP contribution is -2.05. The lowest BCUT2D eigenvalue weighted by atomic mass is 10.0. The van der Waals surface area contributed by atoms with E-state index >= 15 is 0 Å². The van der Waals surface area contributed by atoms with Crippen molar-refractivity contribution in [3.8, 4) is 5.69 Å². The van der Waals surface area contributed by atoms with Gasteiger partial charge in [0.15, 0.2) is 0 Å². The second-order valence-electron chi connectivity index (χ2n) is 8.44. The average molecular weight is 499 g/mol. The summed E-state index contributed by atoms with van der Waals surface area (Å²) < 4.78 is 40.5. The minimum Gasteiger partial charge on any atom is -0.481 e. The van der Waals surface area contributed by atoms with E-state index in [1.165, 1.54) is 12.1 Å². The molecule has 0 fully saturated rings. The van der Waals surface area contributed by atoms with E-state index < -0.39 is 17.7 Å². The lowest BCUT2D eigenvalue weighted by Gasteiger charge is -2.08. The Balaban J connectivity index is 1.49. The number of carboxylic acid groups (broad SMARTS) is 1. The Kier molecular flexibility index (Phi) is 7.21. The second-order valence-corrected chi connectivity index (χ2v) is 9.60. The third-order valence-electron chi connectivity index (χ3n) is 6.03. The molecule has 4 aromatic rings. The molecule has 4 nitrogen and oxygen atoms in total. The van der Waals surface area contributed by atoms with Gasteiger partial charge in [-0.2, -0.15) is 18.3 Å². The fourth-order valence-electron chi connectivity index (χ4n) is 4.09. The normalized spacial score (nSPS) is 11.8. The number of fused-ring (bicyclic) bond motifs is 1. The SMILES string of the molecule is Cc1cc(SCCc2cccc3c(C)n(-c4ccc(C(F)(F)F)cc4)nc23)ccc1CCC(=O)O. The Hall–Kier alpha value is -3.26. The zero-order chi connectivity index (χ0) is 25.2. The average Bonchev–Trinajstić information content (AvgIpc) is 3.15. The van der Waals surface area contributed by atoms with E-state index in [2.05, 4.69) is 6.07 Å². The summed E-state index contributed by atoms with van der Waals surface area (Å²) in [6.45, 7) is 3.92. The van der Waals surface area contributed by atoms with Crippen molar-refractivity contribution in [2.24, 2.45) is 0 Å². The Morgan fingerprint density at radius 2 is 1.74 bits per heavy atom. The first-order chi connectivity index (χ1) is 16.6. The largest absolute Gasteiger partial charge is 0.481 e. The molecule has 1 aromatic heterocycles. The minimum absolute atomic E-state index is 0.121. The number of benzene rings is 3. The first-order valence-corrected chi connectivity index (χ1v) is 12.2. The molecule has 35 heavy (non-hydrogen) atoms. The van der Waals surface area contributed by atoms with Crippen LogP contribution in [0.1, 0.15) is 34.4 Å². The highest BCUT2D eigenvalue weighted by Crippen LogP contribution is 2.31. The first kappa shape index (κ1) is 24.9. The summed E-state index contributed by atoms with van der Waals surface area (Å²) in [6.07, 6.45) is -2.94. The summed E-state index contributed by atoms with van der Waals surface area (Å²) in [4.78, 5) is 11.9. The van der Waals surface area contributed by atoms with E-state index in [0.717, 1.165) is 62.5 Å². The molecule has 0 amide bonds. The molecule has 182 valence electrons. The number of rotatable bonds is 8. The Morgan fingerprint density at radius 3 is 2.40 bits per heavy atom. The number of nitrogens with zero attached hydrogens (tertiary/aromatic N) is 2. The van der Waals surface area contributed by atoms with E-state index in [4.69, 9.17) is 10.2 Å². The number of aromatic nitrogens is 2. The van der Waals surface area contributed by atoms with E-state index in [1.807, 2.05) is 44.2 Å². The lowest BCUT2D eigenvalue weighted by molar-refractivity contribution is -0.138. The molecule has 0 bridgehead atoms. The number of hydrogen-bond donors (Lipinski definition) is 1. The van der Waals surface area contributed by atoms with Crippen molar-refractivity contribution in [2.45, 2.75) is 44.2 Å². The summed E-state index contributed by atoms with van der Waals surface area (Å²) in [5.41, 5.74) is 4.85. The van der Waals surface area contributed by atoms with Crippen molar-refractivity contribution < 1.29 is 23.1 Å². The predicted molar refractivity (Wildman–Crippen MR) is 132 cm³/mol. The van der Waals surface area contributed by atoms with Crippen molar-refractivity contribution in [3.05, 3.63) is 88.6 Å². The molecule has 4 rings (SSSR count). The summed E-state index contributed by atoms with van der Waals surface area (Å²) in [6, 6.07) is 17.2. The van der Waals surface area contributed by atoms with Gasteiger partial charge in [0.25, 0.3) is 0 Å². The van der Waals surface area contributed by atoms with Crippen LogP contribution in [-0.2, 0) is 23.8 Å². The van der Waals surface area contributed by atoms with E-state index in [1.54, 1.807) is 16.4 Å². The molecule has 1 heterocycles. The molecule has 0 aliphatic heterocycles. The highest BCUT2D eigenvalue weighted by Gasteiger charge is 2.30. The molecular weight excluding hydrogens is 473 g/mol. The van der Waals surface area contributed by atoms with Crippen LogP contribution in [0.4, 0.5) is 13.2 Å². The van der Waals surface area contributed by atoms with Gasteiger partial charge in [0.2, 0.25) is 0 Å². The van der Waals surface area contributed by atoms with Gasteiger partial charge in [-0.25, -0.2) is 4.68 Å². The number of halogens is 3. The van der Waals surface area contributed by atoms with Crippen LogP contribution < -0.4 is 0 Å². The zero-order valence-electron chi connectivity index (χ0n) is 19.4. The molecular formula is C27H25F3N2O2S. The molecule has 8 heteroatoms. The third-order valence-corrected chi connectivity index (χ3v) is 7.02. The van der Waals surface area contributed by atoms with Gasteiger partial charge in [-0.1, -0.05) is 24.3 Å². The number of carbonyl (C=O) groups is 1. The number of alkyl halides is 3. The van der Waals surface area contributed by atoms with Gasteiger partial charge < -0.3 is 5.11 Å².